The lowest BCUT2D eigenvalue weighted by atomic mass is 9.90. The van der Waals surface area contributed by atoms with E-state index in [-0.39, 0.29) is 17.5 Å². The van der Waals surface area contributed by atoms with Crippen LogP contribution in [0.5, 0.6) is 5.75 Å². The standard InChI is InChI=1S/C16H17F3N4O2/c1-23-9-10(6-21-23)11-7-20-8-12(11)15(24)22-13-4-2-3-5-14(13)25-16(17,18)19/h2-6,9,11-12,20H,7-8H2,1H3,(H,22,24)/t11-,12+/m1/s1. The summed E-state index contributed by atoms with van der Waals surface area (Å²) in [4.78, 5) is 12.6. The normalized spacial score (nSPS) is 20.5. The summed E-state index contributed by atoms with van der Waals surface area (Å²) in [6, 6.07) is 5.48. The molecule has 0 saturated carbocycles. The van der Waals surface area contributed by atoms with Crippen LogP contribution in [0.3, 0.4) is 0 Å². The molecule has 6 nitrogen and oxygen atoms in total. The maximum absolute atomic E-state index is 12.6. The van der Waals surface area contributed by atoms with Gasteiger partial charge < -0.3 is 15.4 Å². The molecule has 1 amide bonds. The summed E-state index contributed by atoms with van der Waals surface area (Å²) in [5, 5.41) is 9.80. The Labute approximate surface area is 142 Å². The second-order valence-electron chi connectivity index (χ2n) is 5.85. The zero-order chi connectivity index (χ0) is 18.0. The van der Waals surface area contributed by atoms with Gasteiger partial charge in [0.2, 0.25) is 5.91 Å². The number of hydrogen-bond donors (Lipinski definition) is 2. The average Bonchev–Trinajstić information content (AvgIpc) is 3.16. The molecule has 2 atom stereocenters. The van der Waals surface area contributed by atoms with Gasteiger partial charge in [-0.25, -0.2) is 0 Å². The number of anilines is 1. The molecule has 1 saturated heterocycles. The minimum absolute atomic E-state index is 0.0124. The molecule has 0 bridgehead atoms. The van der Waals surface area contributed by atoms with E-state index in [1.807, 2.05) is 6.20 Å². The van der Waals surface area contributed by atoms with Gasteiger partial charge in [-0.2, -0.15) is 5.10 Å². The number of nitrogens with one attached hydrogen (secondary N) is 2. The molecule has 25 heavy (non-hydrogen) atoms. The van der Waals surface area contributed by atoms with Crippen LogP contribution in [-0.4, -0.2) is 35.1 Å². The highest BCUT2D eigenvalue weighted by atomic mass is 19.4. The molecule has 2 heterocycles. The molecule has 1 aromatic heterocycles. The Hall–Kier alpha value is -2.55. The van der Waals surface area contributed by atoms with Gasteiger partial charge in [-0.3, -0.25) is 9.48 Å². The predicted octanol–water partition coefficient (Wildman–Crippen LogP) is 2.26. The second kappa shape index (κ2) is 6.75. The van der Waals surface area contributed by atoms with Crippen LogP contribution >= 0.6 is 0 Å². The van der Waals surface area contributed by atoms with E-state index in [4.69, 9.17) is 0 Å². The first-order chi connectivity index (χ1) is 11.8. The maximum atomic E-state index is 12.6. The van der Waals surface area contributed by atoms with E-state index in [1.165, 1.54) is 18.2 Å². The van der Waals surface area contributed by atoms with Gasteiger partial charge in [-0.1, -0.05) is 12.1 Å². The Balaban J connectivity index is 1.76. The number of aryl methyl sites for hydroxylation is 1. The fourth-order valence-corrected chi connectivity index (χ4v) is 2.95. The van der Waals surface area contributed by atoms with E-state index >= 15 is 0 Å². The minimum Gasteiger partial charge on any atom is -0.404 e. The number of rotatable bonds is 4. The number of ether oxygens (including phenoxy) is 1. The molecular weight excluding hydrogens is 337 g/mol. The lowest BCUT2D eigenvalue weighted by molar-refractivity contribution is -0.274. The summed E-state index contributed by atoms with van der Waals surface area (Å²) in [5.74, 6) is -1.31. The van der Waals surface area contributed by atoms with Crippen LogP contribution < -0.4 is 15.4 Å². The van der Waals surface area contributed by atoms with Crippen LogP contribution in [-0.2, 0) is 11.8 Å². The molecule has 0 spiro atoms. The molecule has 2 N–H and O–H groups in total. The lowest BCUT2D eigenvalue weighted by Crippen LogP contribution is -2.28. The fourth-order valence-electron chi connectivity index (χ4n) is 2.95. The smallest absolute Gasteiger partial charge is 0.404 e. The maximum Gasteiger partial charge on any atom is 0.573 e. The first-order valence-corrected chi connectivity index (χ1v) is 7.68. The molecule has 1 aliphatic rings. The van der Waals surface area contributed by atoms with Crippen LogP contribution in [0.1, 0.15) is 11.5 Å². The van der Waals surface area contributed by atoms with Crippen molar-refractivity contribution in [3.05, 3.63) is 42.2 Å². The SMILES string of the molecule is Cn1cc([C@H]2CNC[C@@H]2C(=O)Nc2ccccc2OC(F)(F)F)cn1. The topological polar surface area (TPSA) is 68.2 Å². The van der Waals surface area contributed by atoms with E-state index in [0.717, 1.165) is 11.6 Å². The highest BCUT2D eigenvalue weighted by Crippen LogP contribution is 2.33. The van der Waals surface area contributed by atoms with Crippen LogP contribution in [0.2, 0.25) is 0 Å². The molecule has 9 heteroatoms. The molecule has 0 aliphatic carbocycles. The Morgan fingerprint density at radius 3 is 2.80 bits per heavy atom. The average molecular weight is 354 g/mol. The largest absolute Gasteiger partial charge is 0.573 e. The predicted molar refractivity (Wildman–Crippen MR) is 84.1 cm³/mol. The number of benzene rings is 1. The highest BCUT2D eigenvalue weighted by Gasteiger charge is 2.36. The zero-order valence-corrected chi connectivity index (χ0v) is 13.4. The first-order valence-electron chi connectivity index (χ1n) is 7.68. The number of para-hydroxylation sites is 2. The van der Waals surface area contributed by atoms with E-state index < -0.39 is 18.0 Å². The van der Waals surface area contributed by atoms with Crippen molar-refractivity contribution in [3.8, 4) is 5.75 Å². The monoisotopic (exact) mass is 354 g/mol. The van der Waals surface area contributed by atoms with Crippen molar-refractivity contribution in [1.29, 1.82) is 0 Å². The number of carbonyl (C=O) groups excluding carboxylic acids is 1. The summed E-state index contributed by atoms with van der Waals surface area (Å²) >= 11 is 0. The summed E-state index contributed by atoms with van der Waals surface area (Å²) in [6.07, 6.45) is -1.30. The van der Waals surface area contributed by atoms with E-state index in [9.17, 15) is 18.0 Å². The Morgan fingerprint density at radius 1 is 1.36 bits per heavy atom. The van der Waals surface area contributed by atoms with Gasteiger partial charge in [0.15, 0.2) is 5.75 Å². The fraction of sp³-hybridized carbons (Fsp3) is 0.375. The highest BCUT2D eigenvalue weighted by molar-refractivity contribution is 5.95. The number of nitrogens with zero attached hydrogens (tertiary/aromatic N) is 2. The first kappa shape index (κ1) is 17.3. The Bertz CT molecular complexity index is 760. The van der Waals surface area contributed by atoms with Gasteiger partial charge in [0.25, 0.3) is 0 Å². The van der Waals surface area contributed by atoms with Crippen molar-refractivity contribution in [3.63, 3.8) is 0 Å². The van der Waals surface area contributed by atoms with Crippen molar-refractivity contribution < 1.29 is 22.7 Å². The van der Waals surface area contributed by atoms with Crippen molar-refractivity contribution in [1.82, 2.24) is 15.1 Å². The van der Waals surface area contributed by atoms with Gasteiger partial charge in [-0.05, 0) is 17.7 Å². The number of hydrogen-bond acceptors (Lipinski definition) is 4. The van der Waals surface area contributed by atoms with Gasteiger partial charge in [0, 0.05) is 32.3 Å². The van der Waals surface area contributed by atoms with Crippen LogP contribution in [0.25, 0.3) is 0 Å². The third kappa shape index (κ3) is 4.11. The quantitative estimate of drug-likeness (QED) is 0.884. The Kier molecular flexibility index (Phi) is 4.67. The molecule has 1 fully saturated rings. The van der Waals surface area contributed by atoms with Gasteiger partial charge >= 0.3 is 6.36 Å². The molecule has 1 aromatic carbocycles. The van der Waals surface area contributed by atoms with Gasteiger partial charge in [0.1, 0.15) is 0 Å². The summed E-state index contributed by atoms with van der Waals surface area (Å²) in [7, 11) is 1.78. The number of carbonyl (C=O) groups is 1. The number of amides is 1. The summed E-state index contributed by atoms with van der Waals surface area (Å²) in [6.45, 7) is 1.04. The molecular formula is C16H17F3N4O2. The molecule has 0 radical (unpaired) electrons. The van der Waals surface area contributed by atoms with Crippen molar-refractivity contribution >= 4 is 11.6 Å². The summed E-state index contributed by atoms with van der Waals surface area (Å²) in [5.41, 5.74) is 0.897. The molecule has 134 valence electrons. The number of aromatic nitrogens is 2. The number of halogens is 3. The number of alkyl halides is 3. The van der Waals surface area contributed by atoms with E-state index in [2.05, 4.69) is 20.5 Å². The van der Waals surface area contributed by atoms with Crippen molar-refractivity contribution in [2.24, 2.45) is 13.0 Å². The van der Waals surface area contributed by atoms with Gasteiger partial charge in [-0.15, -0.1) is 13.2 Å². The third-order valence-electron chi connectivity index (χ3n) is 4.07. The molecule has 3 rings (SSSR count). The van der Waals surface area contributed by atoms with Crippen LogP contribution in [0.4, 0.5) is 18.9 Å². The van der Waals surface area contributed by atoms with Gasteiger partial charge in [0.05, 0.1) is 17.8 Å². The zero-order valence-electron chi connectivity index (χ0n) is 13.4. The van der Waals surface area contributed by atoms with Crippen LogP contribution in [0.15, 0.2) is 36.7 Å². The molecule has 2 aromatic rings. The molecule has 0 unspecified atom stereocenters. The minimum atomic E-state index is -4.83. The molecule has 1 aliphatic heterocycles. The van der Waals surface area contributed by atoms with E-state index in [1.54, 1.807) is 17.9 Å². The summed E-state index contributed by atoms with van der Waals surface area (Å²) < 4.78 is 43.1. The van der Waals surface area contributed by atoms with E-state index in [0.29, 0.717) is 13.1 Å². The second-order valence-corrected chi connectivity index (χ2v) is 5.85. The third-order valence-corrected chi connectivity index (χ3v) is 4.07. The Morgan fingerprint density at radius 2 is 2.12 bits per heavy atom. The lowest BCUT2D eigenvalue weighted by Gasteiger charge is -2.19. The van der Waals surface area contributed by atoms with Crippen molar-refractivity contribution in [2.75, 3.05) is 18.4 Å². The van der Waals surface area contributed by atoms with Crippen molar-refractivity contribution in [2.45, 2.75) is 12.3 Å². The van der Waals surface area contributed by atoms with Crippen LogP contribution in [0, 0.1) is 5.92 Å².